The largest absolute Gasteiger partial charge is 0.259 e. The summed E-state index contributed by atoms with van der Waals surface area (Å²) >= 11 is 1.09. The number of rotatable bonds is 3. The highest BCUT2D eigenvalue weighted by Gasteiger charge is 2.04. The van der Waals surface area contributed by atoms with Gasteiger partial charge in [-0.3, -0.25) is 10.1 Å². The monoisotopic (exact) mass is 234 g/mol. The second-order valence-corrected chi connectivity index (χ2v) is 4.09. The van der Waals surface area contributed by atoms with Crippen LogP contribution in [0.2, 0.25) is 0 Å². The van der Waals surface area contributed by atoms with Crippen molar-refractivity contribution in [1.29, 1.82) is 5.26 Å². The van der Waals surface area contributed by atoms with Crippen molar-refractivity contribution >= 4 is 17.8 Å². The molecule has 0 N–H and O–H groups in total. The van der Waals surface area contributed by atoms with Gasteiger partial charge in [-0.1, -0.05) is 12.1 Å². The Morgan fingerprint density at radius 1 is 1.62 bits per heavy atom. The van der Waals surface area contributed by atoms with Gasteiger partial charge in [0.15, 0.2) is 0 Å². The van der Waals surface area contributed by atoms with Crippen molar-refractivity contribution < 1.29 is 4.92 Å². The van der Waals surface area contributed by atoms with Gasteiger partial charge in [0.2, 0.25) is 5.70 Å². The van der Waals surface area contributed by atoms with Crippen molar-refractivity contribution in [2.75, 3.05) is 0 Å². The first-order valence-corrected chi connectivity index (χ1v) is 5.35. The maximum atomic E-state index is 10.4. The molecule has 82 valence electrons. The first-order chi connectivity index (χ1) is 7.54. The third-order valence-corrected chi connectivity index (χ3v) is 2.79. The molecule has 0 radical (unpaired) electrons. The maximum absolute atomic E-state index is 10.4. The van der Waals surface area contributed by atoms with Crippen LogP contribution >= 0.6 is 11.8 Å². The Labute approximate surface area is 97.7 Å². The summed E-state index contributed by atoms with van der Waals surface area (Å²) in [6, 6.07) is 5.38. The molecule has 1 rings (SSSR count). The van der Waals surface area contributed by atoms with E-state index in [4.69, 9.17) is 5.26 Å². The molecule has 0 fully saturated rings. The van der Waals surface area contributed by atoms with Crippen molar-refractivity contribution in [2.45, 2.75) is 18.7 Å². The van der Waals surface area contributed by atoms with E-state index < -0.39 is 4.92 Å². The van der Waals surface area contributed by atoms with Gasteiger partial charge in [0.05, 0.1) is 4.92 Å². The van der Waals surface area contributed by atoms with Crippen molar-refractivity contribution in [3.05, 3.63) is 45.1 Å². The summed E-state index contributed by atoms with van der Waals surface area (Å²) in [5, 5.41) is 21.0. The van der Waals surface area contributed by atoms with E-state index in [0.29, 0.717) is 0 Å². The summed E-state index contributed by atoms with van der Waals surface area (Å²) in [5.41, 5.74) is 1.81. The van der Waals surface area contributed by atoms with Crippen LogP contribution in [0.15, 0.2) is 28.8 Å². The van der Waals surface area contributed by atoms with Crippen molar-refractivity contribution in [3.63, 3.8) is 0 Å². The fourth-order valence-corrected chi connectivity index (χ4v) is 1.67. The number of thioether (sulfide) groups is 1. The van der Waals surface area contributed by atoms with Gasteiger partial charge in [-0.25, -0.2) is 0 Å². The van der Waals surface area contributed by atoms with Gasteiger partial charge in [0.25, 0.3) is 0 Å². The highest BCUT2D eigenvalue weighted by Crippen LogP contribution is 2.23. The molecule has 0 aliphatic rings. The highest BCUT2D eigenvalue weighted by molar-refractivity contribution is 8.03. The van der Waals surface area contributed by atoms with Gasteiger partial charge in [-0.2, -0.15) is 5.26 Å². The van der Waals surface area contributed by atoms with Gasteiger partial charge in [-0.15, -0.1) is 0 Å². The minimum absolute atomic E-state index is 0.0973. The number of hydrogen-bond acceptors (Lipinski definition) is 4. The molecule has 16 heavy (non-hydrogen) atoms. The molecule has 0 aromatic heterocycles. The second-order valence-electron chi connectivity index (χ2n) is 3.26. The second kappa shape index (κ2) is 5.33. The Morgan fingerprint density at radius 3 is 2.81 bits per heavy atom. The van der Waals surface area contributed by atoms with Crippen LogP contribution in [0.3, 0.4) is 0 Å². The van der Waals surface area contributed by atoms with E-state index in [1.165, 1.54) is 13.0 Å². The van der Waals surface area contributed by atoms with Crippen LogP contribution in [-0.2, 0) is 0 Å². The lowest BCUT2D eigenvalue weighted by Crippen LogP contribution is -1.93. The normalized spacial score (nSPS) is 10.9. The van der Waals surface area contributed by atoms with E-state index in [2.05, 4.69) is 0 Å². The summed E-state index contributed by atoms with van der Waals surface area (Å²) in [7, 11) is 0. The minimum atomic E-state index is -0.423. The van der Waals surface area contributed by atoms with E-state index in [1.54, 1.807) is 12.1 Å². The maximum Gasteiger partial charge on any atom is 0.243 e. The Balaban J connectivity index is 3.03. The first-order valence-electron chi connectivity index (χ1n) is 4.54. The average Bonchev–Trinajstić information content (AvgIpc) is 2.22. The van der Waals surface area contributed by atoms with Crippen LogP contribution < -0.4 is 0 Å². The minimum Gasteiger partial charge on any atom is -0.259 e. The number of hydrogen-bond donors (Lipinski definition) is 0. The zero-order valence-corrected chi connectivity index (χ0v) is 9.75. The fourth-order valence-electron chi connectivity index (χ4n) is 1.22. The van der Waals surface area contributed by atoms with Crippen molar-refractivity contribution in [3.8, 4) is 5.40 Å². The lowest BCUT2D eigenvalue weighted by molar-refractivity contribution is -0.422. The lowest BCUT2D eigenvalue weighted by atomic mass is 10.1. The summed E-state index contributed by atoms with van der Waals surface area (Å²) in [6.07, 6.45) is 1.51. The molecule has 0 saturated carbocycles. The topological polar surface area (TPSA) is 66.9 Å². The SMILES string of the molecule is CC(=Cc1ccc(SC#N)c(C)c1)[N+](=O)[O-]. The van der Waals surface area contributed by atoms with Gasteiger partial charge in [0.1, 0.15) is 5.40 Å². The summed E-state index contributed by atoms with van der Waals surface area (Å²) in [5.74, 6) is 0. The van der Waals surface area contributed by atoms with Crippen LogP contribution in [-0.4, -0.2) is 4.92 Å². The standard InChI is InChI=1S/C11H10N2O2S/c1-8-5-10(6-9(2)13(14)15)3-4-11(8)16-7-12/h3-6H,1-2H3. The molecule has 0 bridgehead atoms. The lowest BCUT2D eigenvalue weighted by Gasteiger charge is -2.01. The molecule has 4 nitrogen and oxygen atoms in total. The molecule has 1 aromatic carbocycles. The van der Waals surface area contributed by atoms with E-state index in [1.807, 2.05) is 18.4 Å². The van der Waals surface area contributed by atoms with E-state index >= 15 is 0 Å². The molecule has 0 heterocycles. The zero-order chi connectivity index (χ0) is 12.1. The molecule has 0 aliphatic carbocycles. The van der Waals surface area contributed by atoms with E-state index in [-0.39, 0.29) is 5.70 Å². The smallest absolute Gasteiger partial charge is 0.243 e. The summed E-state index contributed by atoms with van der Waals surface area (Å²) in [6.45, 7) is 3.33. The molecular weight excluding hydrogens is 224 g/mol. The fraction of sp³-hybridized carbons (Fsp3) is 0.182. The van der Waals surface area contributed by atoms with E-state index in [9.17, 15) is 10.1 Å². The number of nitrogens with zero attached hydrogens (tertiary/aromatic N) is 2. The Kier molecular flexibility index (Phi) is 4.09. The van der Waals surface area contributed by atoms with Crippen molar-refractivity contribution in [1.82, 2.24) is 0 Å². The van der Waals surface area contributed by atoms with Crippen LogP contribution in [0.25, 0.3) is 6.08 Å². The number of nitro groups is 1. The predicted molar refractivity (Wildman–Crippen MR) is 63.3 cm³/mol. The predicted octanol–water partition coefficient (Wildman–Crippen LogP) is 3.21. The molecule has 0 aliphatic heterocycles. The zero-order valence-electron chi connectivity index (χ0n) is 8.93. The van der Waals surface area contributed by atoms with Crippen molar-refractivity contribution in [2.24, 2.45) is 0 Å². The molecule has 0 unspecified atom stereocenters. The Hall–Kier alpha value is -1.80. The highest BCUT2D eigenvalue weighted by atomic mass is 32.2. The summed E-state index contributed by atoms with van der Waals surface area (Å²) in [4.78, 5) is 10.9. The van der Waals surface area contributed by atoms with Crippen LogP contribution in [0.1, 0.15) is 18.1 Å². The molecule has 0 atom stereocenters. The number of aryl methyl sites for hydroxylation is 1. The third-order valence-electron chi connectivity index (χ3n) is 2.02. The summed E-state index contributed by atoms with van der Waals surface area (Å²) < 4.78 is 0. The van der Waals surface area contributed by atoms with Crippen LogP contribution in [0.5, 0.6) is 0 Å². The quantitative estimate of drug-likeness (QED) is 0.348. The molecule has 0 amide bonds. The molecular formula is C11H10N2O2S. The molecule has 5 heteroatoms. The number of benzene rings is 1. The van der Waals surface area contributed by atoms with E-state index in [0.717, 1.165) is 27.8 Å². The first kappa shape index (κ1) is 12.3. The van der Waals surface area contributed by atoms with Gasteiger partial charge < -0.3 is 0 Å². The van der Waals surface area contributed by atoms with Gasteiger partial charge >= 0.3 is 0 Å². The number of thiocyanates is 1. The Morgan fingerprint density at radius 2 is 2.31 bits per heavy atom. The molecule has 0 spiro atoms. The third kappa shape index (κ3) is 3.11. The van der Waals surface area contributed by atoms with Gasteiger partial charge in [0, 0.05) is 17.9 Å². The van der Waals surface area contributed by atoms with Gasteiger partial charge in [-0.05, 0) is 35.9 Å². The number of nitriles is 1. The van der Waals surface area contributed by atoms with Crippen LogP contribution in [0.4, 0.5) is 0 Å². The number of allylic oxidation sites excluding steroid dienone is 1. The Bertz CT molecular complexity index is 489. The molecule has 1 aromatic rings. The molecule has 0 saturated heterocycles. The van der Waals surface area contributed by atoms with Crippen LogP contribution in [0, 0.1) is 27.7 Å². The average molecular weight is 234 g/mol.